The van der Waals surface area contributed by atoms with Gasteiger partial charge < -0.3 is 25.5 Å². The Morgan fingerprint density at radius 1 is 1.05 bits per heavy atom. The first kappa shape index (κ1) is 28.5. The Labute approximate surface area is 266 Å². The third-order valence-corrected chi connectivity index (χ3v) is 8.58. The van der Waals surface area contributed by atoms with Gasteiger partial charge in [-0.15, -0.1) is 0 Å². The second-order valence-electron chi connectivity index (χ2n) is 11.2. The maximum absolute atomic E-state index is 13.6. The first-order valence-electron chi connectivity index (χ1n) is 13.9. The Hall–Kier alpha value is -3.66. The predicted molar refractivity (Wildman–Crippen MR) is 152 cm³/mol. The number of fused-ring (bicyclic) bond motifs is 2. The van der Waals surface area contributed by atoms with Crippen LogP contribution in [0.2, 0.25) is 0 Å². The summed E-state index contributed by atoms with van der Waals surface area (Å²) in [6.07, 6.45) is 8.57. The van der Waals surface area contributed by atoms with Crippen LogP contribution in [0.15, 0.2) is 61.1 Å². The number of Topliss-reactive ketones (excluding diaryl/α,β-unsaturated/α-hetero) is 1. The number of carboxylic acids is 1. The van der Waals surface area contributed by atoms with Crippen molar-refractivity contribution in [1.29, 1.82) is 0 Å². The standard InChI is InChI=1S/C32H29N3O6.Na.H/c1-40-29-15-20(14-26-24(29)6-9-35(26)23-3-4-23)30(37)34-10-7-32(8-11-34)16-27(36)25-13-19(2-5-28(25)41-32)21-12-22(31(38)39)18-33-17-21;;/h2,5-6,9,12-15,17-18,23H,3-4,7-8,10-11,16H2,1H3,(H,38,39);;/q;+1;-1. The molecule has 2 fully saturated rings. The van der Waals surface area contributed by atoms with Crippen molar-refractivity contribution in [3.8, 4) is 22.6 Å². The molecule has 4 aromatic rings. The average molecular weight is 576 g/mol. The number of hydrogen-bond acceptors (Lipinski definition) is 6. The molecular formula is C32H30N3NaO6. The van der Waals surface area contributed by atoms with E-state index in [2.05, 4.69) is 15.7 Å². The molecule has 1 saturated carbocycles. The van der Waals surface area contributed by atoms with Crippen LogP contribution in [0.25, 0.3) is 22.0 Å². The number of hydrogen-bond donors (Lipinski definition) is 1. The molecule has 0 atom stereocenters. The minimum atomic E-state index is -1.06. The fraction of sp³-hybridized carbons (Fsp3) is 0.312. The largest absolute Gasteiger partial charge is 1.00 e. The number of benzene rings is 2. The van der Waals surface area contributed by atoms with E-state index in [0.29, 0.717) is 65.7 Å². The van der Waals surface area contributed by atoms with Crippen LogP contribution >= 0.6 is 0 Å². The summed E-state index contributed by atoms with van der Waals surface area (Å²) in [6.45, 7) is 0.967. The fourth-order valence-electron chi connectivity index (χ4n) is 6.16. The first-order chi connectivity index (χ1) is 19.8. The number of carbonyl (C=O) groups excluding carboxylic acids is 2. The van der Waals surface area contributed by atoms with Gasteiger partial charge in [0.25, 0.3) is 5.91 Å². The zero-order valence-electron chi connectivity index (χ0n) is 24.6. The van der Waals surface area contributed by atoms with E-state index in [1.54, 1.807) is 25.4 Å². The second-order valence-corrected chi connectivity index (χ2v) is 11.2. The maximum atomic E-state index is 13.6. The summed E-state index contributed by atoms with van der Waals surface area (Å²) in [5, 5.41) is 10.3. The topological polar surface area (TPSA) is 111 Å². The van der Waals surface area contributed by atoms with Gasteiger partial charge in [0.2, 0.25) is 0 Å². The molecule has 1 aliphatic carbocycles. The molecule has 2 aliphatic heterocycles. The number of ketones is 1. The van der Waals surface area contributed by atoms with Gasteiger partial charge in [0.1, 0.15) is 17.1 Å². The number of likely N-dealkylation sites (tertiary alicyclic amines) is 1. The number of pyridine rings is 1. The molecule has 2 aromatic carbocycles. The molecule has 1 amide bonds. The van der Waals surface area contributed by atoms with Gasteiger partial charge >= 0.3 is 35.5 Å². The van der Waals surface area contributed by atoms with E-state index in [9.17, 15) is 19.5 Å². The third kappa shape index (κ3) is 4.99. The van der Waals surface area contributed by atoms with Gasteiger partial charge in [-0.1, -0.05) is 6.07 Å². The predicted octanol–water partition coefficient (Wildman–Crippen LogP) is 2.50. The number of ether oxygens (including phenoxy) is 2. The fourth-order valence-corrected chi connectivity index (χ4v) is 6.16. The van der Waals surface area contributed by atoms with E-state index < -0.39 is 11.6 Å². The smallest absolute Gasteiger partial charge is 1.00 e. The summed E-state index contributed by atoms with van der Waals surface area (Å²) in [5.74, 6) is 0.0831. The van der Waals surface area contributed by atoms with Crippen molar-refractivity contribution in [2.45, 2.75) is 43.7 Å². The van der Waals surface area contributed by atoms with Gasteiger partial charge in [0.05, 0.1) is 30.2 Å². The molecule has 7 rings (SSSR count). The minimum absolute atomic E-state index is 0. The van der Waals surface area contributed by atoms with Crippen molar-refractivity contribution in [1.82, 2.24) is 14.5 Å². The van der Waals surface area contributed by atoms with E-state index in [1.165, 1.54) is 12.3 Å². The van der Waals surface area contributed by atoms with Gasteiger partial charge in [-0.25, -0.2) is 4.79 Å². The molecule has 1 spiro atoms. The number of aromatic carboxylic acids is 1. The van der Waals surface area contributed by atoms with Crippen LogP contribution in [0.5, 0.6) is 11.5 Å². The van der Waals surface area contributed by atoms with Crippen LogP contribution in [-0.4, -0.2) is 63.0 Å². The van der Waals surface area contributed by atoms with Crippen LogP contribution in [0, 0.1) is 0 Å². The summed E-state index contributed by atoms with van der Waals surface area (Å²) in [4.78, 5) is 44.2. The molecule has 3 aliphatic rings. The summed E-state index contributed by atoms with van der Waals surface area (Å²) in [5.41, 5.74) is 2.84. The van der Waals surface area contributed by atoms with Crippen molar-refractivity contribution < 1.29 is 59.9 Å². The molecule has 42 heavy (non-hydrogen) atoms. The average Bonchev–Trinajstić information content (AvgIpc) is 3.74. The molecular weight excluding hydrogens is 545 g/mol. The quantitative estimate of drug-likeness (QED) is 0.364. The number of amides is 1. The maximum Gasteiger partial charge on any atom is 1.00 e. The van der Waals surface area contributed by atoms with Gasteiger partial charge in [0.15, 0.2) is 5.78 Å². The van der Waals surface area contributed by atoms with Gasteiger partial charge in [0, 0.05) is 67.1 Å². The molecule has 9 nitrogen and oxygen atoms in total. The molecule has 4 heterocycles. The van der Waals surface area contributed by atoms with Crippen LogP contribution in [0.1, 0.15) is 70.6 Å². The van der Waals surface area contributed by atoms with Crippen LogP contribution in [-0.2, 0) is 0 Å². The Morgan fingerprint density at radius 2 is 1.83 bits per heavy atom. The number of aromatic nitrogens is 2. The monoisotopic (exact) mass is 575 g/mol. The molecule has 0 radical (unpaired) electrons. The number of nitrogens with zero attached hydrogens (tertiary/aromatic N) is 3. The van der Waals surface area contributed by atoms with Crippen molar-refractivity contribution in [3.05, 3.63) is 77.7 Å². The van der Waals surface area contributed by atoms with Crippen molar-refractivity contribution in [2.75, 3.05) is 20.2 Å². The Kier molecular flexibility index (Phi) is 7.37. The number of piperidine rings is 1. The SMILES string of the molecule is COc1cc(C(=O)N2CCC3(CC2)CC(=O)c2cc(-c4cncc(C(=O)O)c4)ccc2O3)cc2c1ccn2C1CC1.[H-].[Na+]. The molecule has 210 valence electrons. The third-order valence-electron chi connectivity index (χ3n) is 8.58. The van der Waals surface area contributed by atoms with E-state index in [0.717, 1.165) is 23.7 Å². The summed E-state index contributed by atoms with van der Waals surface area (Å²) in [7, 11) is 1.63. The zero-order valence-corrected chi connectivity index (χ0v) is 25.6. The Morgan fingerprint density at radius 3 is 2.55 bits per heavy atom. The van der Waals surface area contributed by atoms with E-state index in [-0.39, 0.29) is 54.7 Å². The van der Waals surface area contributed by atoms with Gasteiger partial charge in [-0.05, 0) is 54.8 Å². The molecule has 0 bridgehead atoms. The molecule has 2 aromatic heterocycles. The van der Waals surface area contributed by atoms with Crippen LogP contribution in [0.4, 0.5) is 0 Å². The van der Waals surface area contributed by atoms with Crippen molar-refractivity contribution >= 4 is 28.6 Å². The van der Waals surface area contributed by atoms with Crippen molar-refractivity contribution in [3.63, 3.8) is 0 Å². The summed E-state index contributed by atoms with van der Waals surface area (Å²) < 4.78 is 14.3. The Bertz CT molecular complexity index is 1740. The van der Waals surface area contributed by atoms with Crippen molar-refractivity contribution in [2.24, 2.45) is 0 Å². The number of rotatable bonds is 5. The zero-order chi connectivity index (χ0) is 28.3. The van der Waals surface area contributed by atoms with Gasteiger partial charge in [-0.3, -0.25) is 14.6 Å². The number of carboxylic acid groups (broad SMARTS) is 1. The normalized spacial score (nSPS) is 17.4. The van der Waals surface area contributed by atoms with E-state index in [1.807, 2.05) is 29.2 Å². The van der Waals surface area contributed by atoms with E-state index >= 15 is 0 Å². The van der Waals surface area contributed by atoms with Gasteiger partial charge in [-0.2, -0.15) is 0 Å². The molecule has 10 heteroatoms. The van der Waals surface area contributed by atoms with Crippen LogP contribution in [0.3, 0.4) is 0 Å². The molecule has 1 saturated heterocycles. The Balaban J connectivity index is 0.00000184. The minimum Gasteiger partial charge on any atom is -1.00 e. The first-order valence-corrected chi connectivity index (χ1v) is 13.9. The number of methoxy groups -OCH3 is 1. The number of carbonyl (C=O) groups is 3. The van der Waals surface area contributed by atoms with E-state index in [4.69, 9.17) is 9.47 Å². The summed E-state index contributed by atoms with van der Waals surface area (Å²) >= 11 is 0. The molecule has 0 unspecified atom stereocenters. The second kappa shape index (κ2) is 10.9. The molecule has 1 N–H and O–H groups in total. The van der Waals surface area contributed by atoms with Crippen LogP contribution < -0.4 is 39.0 Å². The summed E-state index contributed by atoms with van der Waals surface area (Å²) in [6, 6.07) is 13.2.